The number of hydrogen-bond acceptors (Lipinski definition) is 8. The Hall–Kier alpha value is -3.25. The number of carbonyl (C=O) groups is 1. The number of nitrogens with one attached hydrogen (secondary N) is 1. The van der Waals surface area contributed by atoms with E-state index in [2.05, 4.69) is 66.8 Å². The molecule has 9 nitrogen and oxygen atoms in total. The summed E-state index contributed by atoms with van der Waals surface area (Å²) in [4.78, 5) is 26.1. The number of unbranched alkanes of at least 4 members (excludes halogenated alkanes) is 1. The van der Waals surface area contributed by atoms with Gasteiger partial charge in [0.05, 0.1) is 23.5 Å². The third-order valence-corrected chi connectivity index (χ3v) is 3.99. The van der Waals surface area contributed by atoms with E-state index in [1.165, 1.54) is 12.6 Å². The summed E-state index contributed by atoms with van der Waals surface area (Å²) < 4.78 is 10.0. The first-order valence-corrected chi connectivity index (χ1v) is 11.7. The predicted molar refractivity (Wildman–Crippen MR) is 154 cm³/mol. The van der Waals surface area contributed by atoms with Crippen LogP contribution in [0, 0.1) is 6.92 Å². The van der Waals surface area contributed by atoms with Crippen LogP contribution in [0.4, 0.5) is 0 Å². The molecule has 4 heterocycles. The third kappa shape index (κ3) is 17.8. The van der Waals surface area contributed by atoms with Gasteiger partial charge in [-0.05, 0) is 24.3 Å². The molecule has 0 fully saturated rings. The van der Waals surface area contributed by atoms with Crippen molar-refractivity contribution in [3.63, 3.8) is 0 Å². The molecule has 0 saturated carbocycles. The van der Waals surface area contributed by atoms with Crippen LogP contribution in [0.5, 0.6) is 0 Å². The molecule has 10 heteroatoms. The molecule has 0 saturated heterocycles. The predicted octanol–water partition coefficient (Wildman–Crippen LogP) is 4.46. The minimum Gasteiger partial charge on any atom is -0.475 e. The summed E-state index contributed by atoms with van der Waals surface area (Å²) >= 11 is 0. The summed E-state index contributed by atoms with van der Waals surface area (Å²) in [6, 6.07) is 8.46. The molecule has 0 radical (unpaired) electrons. The Bertz CT molecular complexity index is 1070. The molecular weight excluding hydrogens is 489 g/mol. The van der Waals surface area contributed by atoms with E-state index in [0.717, 1.165) is 12.0 Å². The molecule has 4 rings (SSSR count). The Morgan fingerprint density at radius 3 is 1.74 bits per heavy atom. The van der Waals surface area contributed by atoms with Gasteiger partial charge in [-0.1, -0.05) is 55.9 Å². The second-order valence-electron chi connectivity index (χ2n) is 7.99. The summed E-state index contributed by atoms with van der Waals surface area (Å²) in [5, 5.41) is 11.9. The van der Waals surface area contributed by atoms with E-state index >= 15 is 0 Å². The van der Waals surface area contributed by atoms with Gasteiger partial charge in [-0.2, -0.15) is 6.42 Å². The summed E-state index contributed by atoms with van der Waals surface area (Å²) in [6.45, 7) is 14.3. The minimum absolute atomic E-state index is 0. The van der Waals surface area contributed by atoms with Gasteiger partial charge in [0.1, 0.15) is 6.26 Å². The van der Waals surface area contributed by atoms with Gasteiger partial charge in [-0.25, -0.2) is 14.8 Å². The molecule has 0 amide bonds. The van der Waals surface area contributed by atoms with Crippen LogP contribution in [0.1, 0.15) is 72.9 Å². The molecule has 39 heavy (non-hydrogen) atoms. The molecule has 4 aromatic rings. The Morgan fingerprint density at radius 1 is 0.923 bits per heavy atom. The van der Waals surface area contributed by atoms with Gasteiger partial charge >= 0.3 is 24.8 Å². The van der Waals surface area contributed by atoms with Crippen LogP contribution in [0.3, 0.4) is 0 Å². The van der Waals surface area contributed by atoms with Crippen LogP contribution in [-0.2, 0) is 0 Å². The first kappa shape index (κ1) is 40.2. The zero-order chi connectivity index (χ0) is 26.8. The van der Waals surface area contributed by atoms with Gasteiger partial charge < -0.3 is 26.2 Å². The van der Waals surface area contributed by atoms with Crippen molar-refractivity contribution < 1.29 is 37.6 Å². The van der Waals surface area contributed by atoms with Gasteiger partial charge in [0, 0.05) is 36.9 Å². The number of rotatable bonds is 6. The fourth-order valence-corrected chi connectivity index (χ4v) is 2.52. The van der Waals surface area contributed by atoms with E-state index in [-0.39, 0.29) is 45.4 Å². The Kier molecular flexibility index (Phi) is 24.6. The van der Waals surface area contributed by atoms with Crippen LogP contribution in [0.15, 0.2) is 76.5 Å². The molecule has 0 atom stereocenters. The number of carboxylic acids is 1. The monoisotopic (exact) mass is 533 g/mol. The summed E-state index contributed by atoms with van der Waals surface area (Å²) in [5.41, 5.74) is 1.55. The summed E-state index contributed by atoms with van der Waals surface area (Å²) in [6.07, 6.45) is 13.2. The van der Waals surface area contributed by atoms with Crippen LogP contribution in [0.25, 0.3) is 22.9 Å². The van der Waals surface area contributed by atoms with E-state index in [4.69, 9.17) is 13.9 Å². The molecule has 0 spiro atoms. The molecule has 4 aromatic heterocycles. The molecule has 0 aliphatic carbocycles. The van der Waals surface area contributed by atoms with E-state index in [0.29, 0.717) is 23.5 Å². The maximum atomic E-state index is 10.5. The van der Waals surface area contributed by atoms with Gasteiger partial charge in [-0.15, -0.1) is 0 Å². The summed E-state index contributed by atoms with van der Waals surface area (Å²) in [7, 11) is 0. The van der Waals surface area contributed by atoms with Crippen LogP contribution >= 0.6 is 0 Å². The number of carboxylic acid groups (broad SMARTS) is 1. The molecular formula is C29H44LiN5O4. The second-order valence-corrected chi connectivity index (χ2v) is 7.99. The summed E-state index contributed by atoms with van der Waals surface area (Å²) in [5.74, 6) is -0.440. The van der Waals surface area contributed by atoms with Crippen molar-refractivity contribution in [2.45, 2.75) is 74.4 Å². The van der Waals surface area contributed by atoms with Crippen molar-refractivity contribution in [3.05, 3.63) is 80.4 Å². The van der Waals surface area contributed by atoms with Gasteiger partial charge in [-0.3, -0.25) is 9.97 Å². The van der Waals surface area contributed by atoms with Crippen molar-refractivity contribution in [1.82, 2.24) is 25.3 Å². The van der Waals surface area contributed by atoms with Crippen LogP contribution in [-0.4, -0.2) is 43.1 Å². The number of oxazole rings is 2. The zero-order valence-electron chi connectivity index (χ0n) is 22.6. The molecule has 0 unspecified atom stereocenters. The number of aromatic nitrogens is 4. The zero-order valence-corrected chi connectivity index (χ0v) is 22.6. The van der Waals surface area contributed by atoms with Gasteiger partial charge in [0.2, 0.25) is 17.5 Å². The smallest absolute Gasteiger partial charge is 0.475 e. The topological polar surface area (TPSA) is 127 Å². The molecule has 0 aromatic carbocycles. The quantitative estimate of drug-likeness (QED) is 0.273. The first-order chi connectivity index (χ1) is 17.3. The fourth-order valence-electron chi connectivity index (χ4n) is 2.52. The van der Waals surface area contributed by atoms with Crippen molar-refractivity contribution in [1.29, 1.82) is 0 Å². The van der Waals surface area contributed by atoms with Crippen molar-refractivity contribution in [2.24, 2.45) is 0 Å². The molecule has 0 bridgehead atoms. The van der Waals surface area contributed by atoms with Crippen molar-refractivity contribution in [3.8, 4) is 22.9 Å². The number of aromatic carboxylic acids is 1. The van der Waals surface area contributed by atoms with E-state index in [1.807, 2.05) is 12.1 Å². The normalized spacial score (nSPS) is 9.13. The Balaban J connectivity index is -0.000000469. The SMILES string of the molecule is C.C.CC(C)NC(C)C.O=C(O)c1cnc(-c2cccnc2)o1.[CH2-]CCC.[Li+].c1cncc(-c2ncco2)c1. The fraction of sp³-hybridized carbons (Fsp3) is 0.379. The average molecular weight is 534 g/mol. The Labute approximate surface area is 246 Å². The van der Waals surface area contributed by atoms with Crippen LogP contribution in [0.2, 0.25) is 0 Å². The molecule has 210 valence electrons. The average Bonchev–Trinajstić information content (AvgIpc) is 3.58. The third-order valence-electron chi connectivity index (χ3n) is 3.99. The number of pyridine rings is 2. The van der Waals surface area contributed by atoms with Gasteiger partial charge in [0.25, 0.3) is 0 Å². The molecule has 0 aliphatic heterocycles. The van der Waals surface area contributed by atoms with Gasteiger partial charge in [0.15, 0.2) is 0 Å². The first-order valence-electron chi connectivity index (χ1n) is 11.7. The van der Waals surface area contributed by atoms with Crippen molar-refractivity contribution >= 4 is 5.97 Å². The Morgan fingerprint density at radius 2 is 1.44 bits per heavy atom. The largest absolute Gasteiger partial charge is 1.00 e. The van der Waals surface area contributed by atoms with Crippen LogP contribution < -0.4 is 24.2 Å². The maximum Gasteiger partial charge on any atom is 1.00 e. The second kappa shape index (κ2) is 23.8. The maximum absolute atomic E-state index is 10.5. The number of hydrogen-bond donors (Lipinski definition) is 2. The minimum atomic E-state index is -1.13. The molecule has 2 N–H and O–H groups in total. The molecule has 0 aliphatic rings. The number of nitrogens with zero attached hydrogens (tertiary/aromatic N) is 4. The van der Waals surface area contributed by atoms with E-state index in [1.54, 1.807) is 49.4 Å². The van der Waals surface area contributed by atoms with Crippen molar-refractivity contribution in [2.75, 3.05) is 0 Å². The standard InChI is InChI=1S/C9H6N2O3.C8H6N2O.C6H15N.C4H9.2CH4.Li/c12-9(13)7-5-11-8(14-7)6-2-1-3-10-4-6;1-2-7(6-9-3-1)8-10-4-5-11-8;1-5(2)7-6(3)4;1-3-4-2;;;/h1-5H,(H,12,13);1-6H;5-7H,1-4H3;1,3-4H2,2H3;2*1H4;/q;;;-1;;;+1. The van der Waals surface area contributed by atoms with E-state index in [9.17, 15) is 4.79 Å². The van der Waals surface area contributed by atoms with E-state index < -0.39 is 5.97 Å².